The van der Waals surface area contributed by atoms with E-state index in [1.54, 1.807) is 4.90 Å². The molecule has 0 bridgehead atoms. The predicted octanol–water partition coefficient (Wildman–Crippen LogP) is 4.20. The maximum atomic E-state index is 12.6. The van der Waals surface area contributed by atoms with E-state index in [-0.39, 0.29) is 5.91 Å². The molecule has 1 heterocycles. The van der Waals surface area contributed by atoms with Crippen molar-refractivity contribution in [1.29, 1.82) is 0 Å². The number of rotatable bonds is 3. The fourth-order valence-electron chi connectivity index (χ4n) is 2.40. The second-order valence-corrected chi connectivity index (χ2v) is 5.95. The number of nitrogens with zero attached hydrogens (tertiary/aromatic N) is 1. The van der Waals surface area contributed by atoms with Crippen molar-refractivity contribution in [3.8, 4) is 0 Å². The topological polar surface area (TPSA) is 36.1 Å². The molecule has 106 valence electrons. The van der Waals surface area contributed by atoms with Crippen LogP contribution in [0.5, 0.6) is 0 Å². The molecule has 2 aromatic carbocycles. The highest BCUT2D eigenvalue weighted by Crippen LogP contribution is 2.19. The SMILES string of the molecule is CN(Cc1ccc(Br)cc1)C(=O)c1cccc2cc[nH]c12. The van der Waals surface area contributed by atoms with Crippen molar-refractivity contribution in [3.05, 3.63) is 70.3 Å². The molecule has 0 unspecified atom stereocenters. The van der Waals surface area contributed by atoms with Crippen LogP contribution in [-0.2, 0) is 6.54 Å². The summed E-state index contributed by atoms with van der Waals surface area (Å²) in [6.45, 7) is 0.587. The van der Waals surface area contributed by atoms with Gasteiger partial charge in [-0.25, -0.2) is 0 Å². The van der Waals surface area contributed by atoms with Crippen molar-refractivity contribution in [2.45, 2.75) is 6.54 Å². The highest BCUT2D eigenvalue weighted by molar-refractivity contribution is 9.10. The van der Waals surface area contributed by atoms with Crippen LogP contribution in [0.1, 0.15) is 15.9 Å². The molecule has 0 spiro atoms. The third kappa shape index (κ3) is 2.85. The number of carbonyl (C=O) groups excluding carboxylic acids is 1. The average molecular weight is 343 g/mol. The molecule has 1 aromatic heterocycles. The summed E-state index contributed by atoms with van der Waals surface area (Å²) in [6.07, 6.45) is 1.86. The number of amides is 1. The molecule has 1 N–H and O–H groups in total. The molecule has 0 aliphatic heterocycles. The lowest BCUT2D eigenvalue weighted by molar-refractivity contribution is 0.0787. The molecule has 3 aromatic rings. The number of aromatic amines is 1. The van der Waals surface area contributed by atoms with Crippen LogP contribution in [0.25, 0.3) is 10.9 Å². The van der Waals surface area contributed by atoms with Crippen molar-refractivity contribution >= 4 is 32.7 Å². The van der Waals surface area contributed by atoms with Gasteiger partial charge in [0.1, 0.15) is 0 Å². The zero-order valence-corrected chi connectivity index (χ0v) is 13.2. The number of benzene rings is 2. The molecule has 4 heteroatoms. The molecular formula is C17H15BrN2O. The van der Waals surface area contributed by atoms with Crippen LogP contribution in [0.2, 0.25) is 0 Å². The molecule has 0 radical (unpaired) electrons. The summed E-state index contributed by atoms with van der Waals surface area (Å²) in [6, 6.07) is 15.7. The van der Waals surface area contributed by atoms with Crippen molar-refractivity contribution in [2.75, 3.05) is 7.05 Å². The van der Waals surface area contributed by atoms with Crippen LogP contribution in [-0.4, -0.2) is 22.8 Å². The first kappa shape index (κ1) is 13.9. The molecule has 0 atom stereocenters. The minimum absolute atomic E-state index is 0.0194. The van der Waals surface area contributed by atoms with Gasteiger partial charge in [-0.2, -0.15) is 0 Å². The van der Waals surface area contributed by atoms with Gasteiger partial charge in [0.05, 0.1) is 11.1 Å². The summed E-state index contributed by atoms with van der Waals surface area (Å²) in [7, 11) is 1.83. The lowest BCUT2D eigenvalue weighted by atomic mass is 10.1. The second-order valence-electron chi connectivity index (χ2n) is 5.04. The molecular weight excluding hydrogens is 328 g/mol. The molecule has 0 saturated heterocycles. The van der Waals surface area contributed by atoms with E-state index in [1.807, 2.05) is 61.8 Å². The second kappa shape index (κ2) is 5.74. The third-order valence-corrected chi connectivity index (χ3v) is 4.03. The Morgan fingerprint density at radius 3 is 2.67 bits per heavy atom. The number of para-hydroxylation sites is 1. The quantitative estimate of drug-likeness (QED) is 0.760. The summed E-state index contributed by atoms with van der Waals surface area (Å²) in [5, 5.41) is 1.05. The molecule has 1 amide bonds. The lowest BCUT2D eigenvalue weighted by Gasteiger charge is -2.18. The van der Waals surface area contributed by atoms with E-state index in [1.165, 1.54) is 0 Å². The van der Waals surface area contributed by atoms with Crippen LogP contribution >= 0.6 is 15.9 Å². The third-order valence-electron chi connectivity index (χ3n) is 3.50. The summed E-state index contributed by atoms with van der Waals surface area (Å²) in [4.78, 5) is 17.5. The Kier molecular flexibility index (Phi) is 3.80. The van der Waals surface area contributed by atoms with Gasteiger partial charge in [-0.3, -0.25) is 4.79 Å². The van der Waals surface area contributed by atoms with E-state index in [4.69, 9.17) is 0 Å². The van der Waals surface area contributed by atoms with Gasteiger partial charge in [-0.15, -0.1) is 0 Å². The van der Waals surface area contributed by atoms with Gasteiger partial charge >= 0.3 is 0 Å². The fraction of sp³-hybridized carbons (Fsp3) is 0.118. The van der Waals surface area contributed by atoms with Crippen molar-refractivity contribution in [1.82, 2.24) is 9.88 Å². The molecule has 0 aliphatic rings. The highest BCUT2D eigenvalue weighted by Gasteiger charge is 2.15. The monoisotopic (exact) mass is 342 g/mol. The van der Waals surface area contributed by atoms with Gasteiger partial charge < -0.3 is 9.88 Å². The van der Waals surface area contributed by atoms with E-state index < -0.39 is 0 Å². The Labute approximate surface area is 131 Å². The smallest absolute Gasteiger partial charge is 0.256 e. The highest BCUT2D eigenvalue weighted by atomic mass is 79.9. The van der Waals surface area contributed by atoms with Crippen LogP contribution in [0.4, 0.5) is 0 Å². The van der Waals surface area contributed by atoms with Crippen LogP contribution < -0.4 is 0 Å². The molecule has 0 saturated carbocycles. The Morgan fingerprint density at radius 1 is 1.14 bits per heavy atom. The number of nitrogens with one attached hydrogen (secondary N) is 1. The summed E-state index contributed by atoms with van der Waals surface area (Å²) in [5.74, 6) is 0.0194. The normalized spacial score (nSPS) is 10.8. The van der Waals surface area contributed by atoms with Crippen molar-refractivity contribution in [3.63, 3.8) is 0 Å². The number of hydrogen-bond acceptors (Lipinski definition) is 1. The van der Waals surface area contributed by atoms with Gasteiger partial charge in [0.2, 0.25) is 0 Å². The van der Waals surface area contributed by atoms with E-state index >= 15 is 0 Å². The fourth-order valence-corrected chi connectivity index (χ4v) is 2.67. The summed E-state index contributed by atoms with van der Waals surface area (Å²) >= 11 is 3.42. The molecule has 0 fully saturated rings. The van der Waals surface area contributed by atoms with Gasteiger partial charge in [0.15, 0.2) is 0 Å². The van der Waals surface area contributed by atoms with E-state index in [0.717, 1.165) is 20.9 Å². The molecule has 0 aliphatic carbocycles. The zero-order chi connectivity index (χ0) is 14.8. The Morgan fingerprint density at radius 2 is 1.90 bits per heavy atom. The van der Waals surface area contributed by atoms with Crippen molar-refractivity contribution < 1.29 is 4.79 Å². The van der Waals surface area contributed by atoms with Gasteiger partial charge in [0, 0.05) is 29.6 Å². The summed E-state index contributed by atoms with van der Waals surface area (Å²) in [5.41, 5.74) is 2.70. The van der Waals surface area contributed by atoms with Gasteiger partial charge in [-0.1, -0.05) is 40.2 Å². The van der Waals surface area contributed by atoms with Gasteiger partial charge in [-0.05, 0) is 29.8 Å². The largest absolute Gasteiger partial charge is 0.361 e. The lowest BCUT2D eigenvalue weighted by Crippen LogP contribution is -2.26. The number of hydrogen-bond donors (Lipinski definition) is 1. The Bertz CT molecular complexity index is 777. The number of fused-ring (bicyclic) bond motifs is 1. The van der Waals surface area contributed by atoms with Crippen LogP contribution in [0.15, 0.2) is 59.2 Å². The minimum atomic E-state index is 0.0194. The maximum absolute atomic E-state index is 12.6. The molecule has 3 nitrogen and oxygen atoms in total. The molecule has 21 heavy (non-hydrogen) atoms. The van der Waals surface area contributed by atoms with E-state index in [9.17, 15) is 4.79 Å². The first-order valence-corrected chi connectivity index (χ1v) is 7.50. The van der Waals surface area contributed by atoms with Crippen LogP contribution in [0, 0.1) is 0 Å². The zero-order valence-electron chi connectivity index (χ0n) is 11.6. The van der Waals surface area contributed by atoms with Crippen LogP contribution in [0.3, 0.4) is 0 Å². The van der Waals surface area contributed by atoms with Crippen molar-refractivity contribution in [2.24, 2.45) is 0 Å². The standard InChI is InChI=1S/C17H15BrN2O/c1-20(11-12-5-7-14(18)8-6-12)17(21)15-4-2-3-13-9-10-19-16(13)15/h2-10,19H,11H2,1H3. The van der Waals surface area contributed by atoms with Gasteiger partial charge in [0.25, 0.3) is 5.91 Å². The first-order chi connectivity index (χ1) is 10.1. The number of carbonyl (C=O) groups is 1. The predicted molar refractivity (Wildman–Crippen MR) is 88.2 cm³/mol. The number of aromatic nitrogens is 1. The molecule has 3 rings (SSSR count). The summed E-state index contributed by atoms with van der Waals surface area (Å²) < 4.78 is 1.04. The van der Waals surface area contributed by atoms with E-state index in [0.29, 0.717) is 12.1 Å². The maximum Gasteiger partial charge on any atom is 0.256 e. The van der Waals surface area contributed by atoms with E-state index in [2.05, 4.69) is 20.9 Å². The number of halogens is 1. The Balaban J connectivity index is 1.84. The average Bonchev–Trinajstić information content (AvgIpc) is 2.97. The first-order valence-electron chi connectivity index (χ1n) is 6.71. The Hall–Kier alpha value is -2.07. The minimum Gasteiger partial charge on any atom is -0.361 e. The number of H-pyrrole nitrogens is 1.